The molecule has 2 aromatic carbocycles. The predicted octanol–water partition coefficient (Wildman–Crippen LogP) is 7.00. The summed E-state index contributed by atoms with van der Waals surface area (Å²) in [5.41, 5.74) is 4.74. The summed E-state index contributed by atoms with van der Waals surface area (Å²) >= 11 is 0. The van der Waals surface area contributed by atoms with E-state index in [0.717, 1.165) is 46.0 Å². The second-order valence-electron chi connectivity index (χ2n) is 9.39. The zero-order valence-electron chi connectivity index (χ0n) is 19.4. The molecule has 1 aliphatic carbocycles. The number of imidazole rings is 1. The second kappa shape index (κ2) is 9.36. The third kappa shape index (κ3) is 5.25. The minimum atomic E-state index is -0.684. The van der Waals surface area contributed by atoms with Crippen LogP contribution in [0.4, 0.5) is 0 Å². The first kappa shape index (κ1) is 21.7. The van der Waals surface area contributed by atoms with Crippen LogP contribution in [-0.4, -0.2) is 27.3 Å². The van der Waals surface area contributed by atoms with E-state index in [2.05, 4.69) is 28.2 Å². The highest BCUT2D eigenvalue weighted by Crippen LogP contribution is 2.29. The Morgan fingerprint density at radius 2 is 1.70 bits per heavy atom. The van der Waals surface area contributed by atoms with Gasteiger partial charge in [0.1, 0.15) is 17.1 Å². The maximum absolute atomic E-state index is 6.23. The lowest BCUT2D eigenvalue weighted by Crippen LogP contribution is -2.34. The zero-order chi connectivity index (χ0) is 22.7. The highest BCUT2D eigenvalue weighted by molar-refractivity contribution is 5.81. The number of H-pyrrole nitrogens is 1. The van der Waals surface area contributed by atoms with Crippen molar-refractivity contribution in [2.24, 2.45) is 5.92 Å². The number of pyridine rings is 1. The normalized spacial score (nSPS) is 15.1. The lowest BCUT2D eigenvalue weighted by atomic mass is 9.90. The van der Waals surface area contributed by atoms with Gasteiger partial charge in [-0.05, 0) is 42.5 Å². The molecule has 0 aliphatic heterocycles. The van der Waals surface area contributed by atoms with Crippen molar-refractivity contribution in [1.82, 2.24) is 15.0 Å². The summed E-state index contributed by atoms with van der Waals surface area (Å²) in [5, 5.41) is 0. The molecule has 1 saturated carbocycles. The van der Waals surface area contributed by atoms with Gasteiger partial charge < -0.3 is 14.5 Å². The Morgan fingerprint density at radius 1 is 0.909 bits per heavy atom. The van der Waals surface area contributed by atoms with E-state index in [-0.39, 0.29) is 0 Å². The summed E-state index contributed by atoms with van der Waals surface area (Å²) in [4.78, 5) is 12.7. The van der Waals surface area contributed by atoms with Crippen LogP contribution in [0.1, 0.15) is 46.0 Å². The average Bonchev–Trinajstić information content (AvgIpc) is 3.28. The van der Waals surface area contributed by atoms with Gasteiger partial charge in [0.2, 0.25) is 5.79 Å². The van der Waals surface area contributed by atoms with E-state index in [4.69, 9.17) is 14.5 Å². The first-order chi connectivity index (χ1) is 16.1. The van der Waals surface area contributed by atoms with Gasteiger partial charge in [-0.3, -0.25) is 0 Å². The maximum Gasteiger partial charge on any atom is 0.204 e. The van der Waals surface area contributed by atoms with Gasteiger partial charge in [0.15, 0.2) is 5.65 Å². The van der Waals surface area contributed by atoms with E-state index in [0.29, 0.717) is 5.92 Å². The van der Waals surface area contributed by atoms with Crippen molar-refractivity contribution >= 4 is 11.2 Å². The molecule has 1 fully saturated rings. The Labute approximate surface area is 195 Å². The molecule has 33 heavy (non-hydrogen) atoms. The van der Waals surface area contributed by atoms with Crippen LogP contribution in [0.3, 0.4) is 0 Å². The number of benzene rings is 2. The van der Waals surface area contributed by atoms with Crippen molar-refractivity contribution in [2.45, 2.75) is 51.7 Å². The number of rotatable bonds is 7. The standard InChI is InChI=1S/C28H31N3O2/c1-28(2,32-19-20-10-5-3-6-11-20)33-24-15-9-14-22(16-24)26-30-25-17-23(18-29-27(25)31-26)21-12-7-4-8-13-21/h4,7-9,12-18,20H,3,5-6,10-11,19H2,1-2H3,(H,29,30,31). The van der Waals surface area contributed by atoms with Crippen molar-refractivity contribution in [3.05, 3.63) is 66.9 Å². The Kier molecular flexibility index (Phi) is 6.14. The number of hydrogen-bond acceptors (Lipinski definition) is 4. The fourth-order valence-electron chi connectivity index (χ4n) is 4.51. The van der Waals surface area contributed by atoms with E-state index in [1.807, 2.05) is 62.5 Å². The van der Waals surface area contributed by atoms with Crippen LogP contribution in [0.2, 0.25) is 0 Å². The maximum atomic E-state index is 6.23. The minimum Gasteiger partial charge on any atom is -0.463 e. The van der Waals surface area contributed by atoms with Gasteiger partial charge in [0.25, 0.3) is 0 Å². The molecule has 0 radical (unpaired) electrons. The van der Waals surface area contributed by atoms with Gasteiger partial charge in [-0.25, -0.2) is 9.97 Å². The molecule has 170 valence electrons. The Balaban J connectivity index is 1.32. The van der Waals surface area contributed by atoms with Crippen molar-refractivity contribution in [3.8, 4) is 28.3 Å². The number of fused-ring (bicyclic) bond motifs is 1. The second-order valence-corrected chi connectivity index (χ2v) is 9.39. The summed E-state index contributed by atoms with van der Waals surface area (Å²) in [5.74, 6) is 1.50. The molecule has 5 rings (SSSR count). The van der Waals surface area contributed by atoms with Crippen LogP contribution < -0.4 is 4.74 Å². The number of nitrogens with zero attached hydrogens (tertiary/aromatic N) is 2. The highest BCUT2D eigenvalue weighted by atomic mass is 16.7. The number of aromatic nitrogens is 3. The van der Waals surface area contributed by atoms with Gasteiger partial charge >= 0.3 is 0 Å². The van der Waals surface area contributed by atoms with Crippen LogP contribution in [0.25, 0.3) is 33.7 Å². The molecule has 0 amide bonds. The molecule has 4 aromatic rings. The first-order valence-electron chi connectivity index (χ1n) is 11.9. The number of aromatic amines is 1. The Hall–Kier alpha value is -3.18. The van der Waals surface area contributed by atoms with Crippen molar-refractivity contribution in [3.63, 3.8) is 0 Å². The van der Waals surface area contributed by atoms with Gasteiger partial charge in [-0.1, -0.05) is 61.7 Å². The molecule has 1 N–H and O–H groups in total. The fraction of sp³-hybridized carbons (Fsp3) is 0.357. The molecule has 0 bridgehead atoms. The first-order valence-corrected chi connectivity index (χ1v) is 11.9. The molecular formula is C28H31N3O2. The number of nitrogens with one attached hydrogen (secondary N) is 1. The SMILES string of the molecule is CC(C)(OCC1CCCCC1)Oc1cccc(-c2nc3cc(-c4ccccc4)cnc3[nH]2)c1. The summed E-state index contributed by atoms with van der Waals surface area (Å²) < 4.78 is 12.4. The Bertz CT molecular complexity index is 1210. The fourth-order valence-corrected chi connectivity index (χ4v) is 4.51. The van der Waals surface area contributed by atoms with Crippen molar-refractivity contribution in [2.75, 3.05) is 6.61 Å². The van der Waals surface area contributed by atoms with Crippen LogP contribution in [0.15, 0.2) is 66.9 Å². The molecule has 5 nitrogen and oxygen atoms in total. The lowest BCUT2D eigenvalue weighted by Gasteiger charge is -2.30. The average molecular weight is 442 g/mol. The van der Waals surface area contributed by atoms with E-state index >= 15 is 0 Å². The molecule has 2 aromatic heterocycles. The third-order valence-corrected chi connectivity index (χ3v) is 6.31. The molecule has 5 heteroatoms. The molecule has 0 unspecified atom stereocenters. The van der Waals surface area contributed by atoms with Crippen LogP contribution in [0.5, 0.6) is 5.75 Å². The molecular weight excluding hydrogens is 410 g/mol. The third-order valence-electron chi connectivity index (χ3n) is 6.31. The van der Waals surface area contributed by atoms with Gasteiger partial charge in [0.05, 0.1) is 6.61 Å². The molecule has 2 heterocycles. The van der Waals surface area contributed by atoms with Crippen LogP contribution in [0, 0.1) is 5.92 Å². The predicted molar refractivity (Wildman–Crippen MR) is 132 cm³/mol. The van der Waals surface area contributed by atoms with Crippen LogP contribution >= 0.6 is 0 Å². The van der Waals surface area contributed by atoms with Crippen LogP contribution in [-0.2, 0) is 4.74 Å². The number of hydrogen-bond donors (Lipinski definition) is 1. The van der Waals surface area contributed by atoms with E-state index in [1.165, 1.54) is 32.1 Å². The monoisotopic (exact) mass is 441 g/mol. The Morgan fingerprint density at radius 3 is 2.52 bits per heavy atom. The molecule has 1 aliphatic rings. The van der Waals surface area contributed by atoms with Crippen molar-refractivity contribution in [1.29, 1.82) is 0 Å². The molecule has 0 atom stereocenters. The van der Waals surface area contributed by atoms with E-state index in [9.17, 15) is 0 Å². The summed E-state index contributed by atoms with van der Waals surface area (Å²) in [6.07, 6.45) is 8.39. The smallest absolute Gasteiger partial charge is 0.204 e. The van der Waals surface area contributed by atoms with Gasteiger partial charge in [-0.15, -0.1) is 0 Å². The van der Waals surface area contributed by atoms with E-state index in [1.54, 1.807) is 0 Å². The molecule has 0 spiro atoms. The minimum absolute atomic E-state index is 0.650. The largest absolute Gasteiger partial charge is 0.463 e. The van der Waals surface area contributed by atoms with Gasteiger partial charge in [0, 0.05) is 31.2 Å². The van der Waals surface area contributed by atoms with E-state index < -0.39 is 5.79 Å². The quantitative estimate of drug-likeness (QED) is 0.314. The lowest BCUT2D eigenvalue weighted by molar-refractivity contribution is -0.166. The number of ether oxygens (including phenoxy) is 2. The summed E-state index contributed by atoms with van der Waals surface area (Å²) in [6.45, 7) is 4.73. The summed E-state index contributed by atoms with van der Waals surface area (Å²) in [6, 6.07) is 20.3. The van der Waals surface area contributed by atoms with Gasteiger partial charge in [-0.2, -0.15) is 0 Å². The zero-order valence-corrected chi connectivity index (χ0v) is 19.4. The molecule has 0 saturated heterocycles. The topological polar surface area (TPSA) is 60.0 Å². The highest BCUT2D eigenvalue weighted by Gasteiger charge is 2.24. The summed E-state index contributed by atoms with van der Waals surface area (Å²) in [7, 11) is 0. The van der Waals surface area contributed by atoms with Crippen molar-refractivity contribution < 1.29 is 9.47 Å².